The second-order valence-corrected chi connectivity index (χ2v) is 14.7. The largest absolute Gasteiger partial charge is 0.491 e. The highest BCUT2D eigenvalue weighted by atomic mass is 32.1. The monoisotopic (exact) mass is 764 g/mol. The first kappa shape index (κ1) is 37.4. The number of nitrogens with zero attached hydrogens (tertiary/aromatic N) is 3. The van der Waals surface area contributed by atoms with E-state index in [0.717, 1.165) is 50.8 Å². The van der Waals surface area contributed by atoms with E-state index in [0.29, 0.717) is 29.5 Å². The van der Waals surface area contributed by atoms with Gasteiger partial charge in [0.1, 0.15) is 18.4 Å². The minimum atomic E-state index is -1.03. The van der Waals surface area contributed by atoms with Gasteiger partial charge in [-0.25, -0.2) is 4.98 Å². The number of fused-ring (bicyclic) bond motifs is 1. The SMILES string of the molecule is Cc1cc(-c2nc(NC(=O)Cc3cccc(OCCOCCNc4cccc5c4C(=O)N(C4CCC(=O)NC4=O)C5=O)c3)sc2C)ccc1N1CCCC1=O. The summed E-state index contributed by atoms with van der Waals surface area (Å²) in [4.78, 5) is 83.9. The third-order valence-electron chi connectivity index (χ3n) is 9.67. The average Bonchev–Trinajstić information content (AvgIpc) is 3.82. The molecule has 6 amide bonds. The summed E-state index contributed by atoms with van der Waals surface area (Å²) in [7, 11) is 0. The maximum Gasteiger partial charge on any atom is 0.264 e. The summed E-state index contributed by atoms with van der Waals surface area (Å²) in [5, 5.41) is 8.78. The van der Waals surface area contributed by atoms with Crippen molar-refractivity contribution in [1.29, 1.82) is 0 Å². The lowest BCUT2D eigenvalue weighted by atomic mass is 10.0. The van der Waals surface area contributed by atoms with Crippen molar-refractivity contribution in [2.75, 3.05) is 48.4 Å². The molecule has 2 saturated heterocycles. The molecule has 1 atom stereocenters. The van der Waals surface area contributed by atoms with Gasteiger partial charge < -0.3 is 25.0 Å². The number of carbonyl (C=O) groups is 6. The number of imide groups is 2. The van der Waals surface area contributed by atoms with Crippen molar-refractivity contribution in [2.45, 2.75) is 52.0 Å². The molecule has 1 unspecified atom stereocenters. The number of thiazole rings is 1. The Morgan fingerprint density at radius 1 is 0.964 bits per heavy atom. The molecule has 1 aromatic heterocycles. The van der Waals surface area contributed by atoms with Crippen LogP contribution in [0.15, 0.2) is 60.7 Å². The molecule has 3 aliphatic heterocycles. The van der Waals surface area contributed by atoms with Crippen LogP contribution in [-0.2, 0) is 30.3 Å². The number of aromatic nitrogens is 1. The van der Waals surface area contributed by atoms with Crippen LogP contribution in [0.5, 0.6) is 5.75 Å². The molecule has 14 nitrogen and oxygen atoms in total. The molecule has 55 heavy (non-hydrogen) atoms. The summed E-state index contributed by atoms with van der Waals surface area (Å²) in [5.74, 6) is -1.68. The summed E-state index contributed by atoms with van der Waals surface area (Å²) in [5.41, 5.74) is 5.27. The van der Waals surface area contributed by atoms with Crippen molar-refractivity contribution in [2.24, 2.45) is 0 Å². The summed E-state index contributed by atoms with van der Waals surface area (Å²) < 4.78 is 11.6. The quantitative estimate of drug-likeness (QED) is 0.121. The average molecular weight is 765 g/mol. The van der Waals surface area contributed by atoms with Gasteiger partial charge in [-0.1, -0.05) is 24.3 Å². The number of amides is 6. The van der Waals surface area contributed by atoms with Gasteiger partial charge in [-0.2, -0.15) is 0 Å². The van der Waals surface area contributed by atoms with E-state index >= 15 is 0 Å². The number of ether oxygens (including phenoxy) is 2. The van der Waals surface area contributed by atoms with Gasteiger partial charge in [0.15, 0.2) is 5.13 Å². The Hall–Kier alpha value is -5.93. The number of hydrogen-bond acceptors (Lipinski definition) is 11. The van der Waals surface area contributed by atoms with Gasteiger partial charge in [-0.3, -0.25) is 39.0 Å². The summed E-state index contributed by atoms with van der Waals surface area (Å²) >= 11 is 1.41. The normalized spacial score (nSPS) is 16.8. The van der Waals surface area contributed by atoms with Gasteiger partial charge >= 0.3 is 0 Å². The van der Waals surface area contributed by atoms with E-state index in [4.69, 9.17) is 14.5 Å². The van der Waals surface area contributed by atoms with E-state index in [1.807, 2.05) is 55.1 Å². The number of piperidine rings is 1. The lowest BCUT2D eigenvalue weighted by Crippen LogP contribution is -2.54. The molecular weight excluding hydrogens is 725 g/mol. The molecule has 0 bridgehead atoms. The molecule has 4 aromatic rings. The first-order valence-corrected chi connectivity index (χ1v) is 19.0. The molecule has 2 fully saturated rings. The van der Waals surface area contributed by atoms with Gasteiger partial charge in [-0.15, -0.1) is 11.3 Å². The van der Waals surface area contributed by atoms with Crippen LogP contribution in [0.3, 0.4) is 0 Å². The Morgan fingerprint density at radius 2 is 1.80 bits per heavy atom. The fourth-order valence-corrected chi connectivity index (χ4v) is 7.91. The van der Waals surface area contributed by atoms with Gasteiger partial charge in [-0.05, 0) is 74.2 Å². The molecule has 0 aliphatic carbocycles. The van der Waals surface area contributed by atoms with Gasteiger partial charge in [0.2, 0.25) is 23.6 Å². The van der Waals surface area contributed by atoms with Crippen LogP contribution in [0.2, 0.25) is 0 Å². The van der Waals surface area contributed by atoms with Crippen molar-refractivity contribution in [3.63, 3.8) is 0 Å². The molecule has 7 rings (SSSR count). The maximum absolute atomic E-state index is 13.3. The fraction of sp³-hybridized carbons (Fsp3) is 0.325. The Bertz CT molecular complexity index is 2200. The van der Waals surface area contributed by atoms with E-state index in [9.17, 15) is 28.8 Å². The van der Waals surface area contributed by atoms with E-state index in [1.165, 1.54) is 11.3 Å². The van der Waals surface area contributed by atoms with E-state index in [1.54, 1.807) is 24.3 Å². The summed E-state index contributed by atoms with van der Waals surface area (Å²) in [6.07, 6.45) is 1.72. The third kappa shape index (κ3) is 8.12. The molecule has 4 heterocycles. The number of carbonyl (C=O) groups excluding carboxylic acids is 6. The van der Waals surface area contributed by atoms with Crippen molar-refractivity contribution in [1.82, 2.24) is 15.2 Å². The Morgan fingerprint density at radius 3 is 2.58 bits per heavy atom. The van der Waals surface area contributed by atoms with Gasteiger partial charge in [0, 0.05) is 47.7 Å². The van der Waals surface area contributed by atoms with Crippen molar-refractivity contribution >= 4 is 63.3 Å². The first-order valence-electron chi connectivity index (χ1n) is 18.1. The molecule has 15 heteroatoms. The highest BCUT2D eigenvalue weighted by Crippen LogP contribution is 2.35. The van der Waals surface area contributed by atoms with Crippen LogP contribution in [0.4, 0.5) is 16.5 Å². The lowest BCUT2D eigenvalue weighted by molar-refractivity contribution is -0.136. The third-order valence-corrected chi connectivity index (χ3v) is 10.6. The van der Waals surface area contributed by atoms with Gasteiger partial charge in [0.25, 0.3) is 11.8 Å². The Labute approximate surface area is 321 Å². The zero-order valence-corrected chi connectivity index (χ0v) is 31.3. The molecule has 3 aliphatic rings. The molecule has 284 valence electrons. The number of nitrogens with one attached hydrogen (secondary N) is 3. The highest BCUT2D eigenvalue weighted by molar-refractivity contribution is 7.16. The van der Waals surface area contributed by atoms with Crippen molar-refractivity contribution < 1.29 is 38.2 Å². The zero-order chi connectivity index (χ0) is 38.6. The molecule has 3 N–H and O–H groups in total. The number of anilines is 3. The summed E-state index contributed by atoms with van der Waals surface area (Å²) in [6, 6.07) is 17.1. The molecule has 0 spiro atoms. The van der Waals surface area contributed by atoms with E-state index in [2.05, 4.69) is 16.0 Å². The standard InChI is InChI=1S/C40H40N6O8S/c1-23-20-26(11-12-30(23)45-16-5-10-34(45)49)36-24(2)55-40(44-36)43-33(48)22-25-6-3-7-27(21-25)54-19-18-53-17-15-41-29-9-4-8-28-35(29)39(52)46(38(28)51)31-13-14-32(47)42-37(31)50/h3-4,6-9,11-12,20-21,31,41H,5,10,13-19,22H2,1-2H3,(H,42,47,50)(H,43,44,48). The number of hydrogen-bond donors (Lipinski definition) is 3. The maximum atomic E-state index is 13.3. The summed E-state index contributed by atoms with van der Waals surface area (Å²) in [6.45, 7) is 5.87. The highest BCUT2D eigenvalue weighted by Gasteiger charge is 2.45. The lowest BCUT2D eigenvalue weighted by Gasteiger charge is -2.27. The molecular formula is C40H40N6O8S. The van der Waals surface area contributed by atoms with Crippen molar-refractivity contribution in [3.8, 4) is 17.0 Å². The van der Waals surface area contributed by atoms with E-state index < -0.39 is 29.7 Å². The number of rotatable bonds is 14. The Balaban J connectivity index is 0.848. The van der Waals surface area contributed by atoms with Crippen molar-refractivity contribution in [3.05, 3.63) is 87.8 Å². The van der Waals surface area contributed by atoms with Crippen LogP contribution in [0.1, 0.15) is 62.4 Å². The van der Waals surface area contributed by atoms with Crippen LogP contribution in [0, 0.1) is 13.8 Å². The van der Waals surface area contributed by atoms with Crippen LogP contribution in [0.25, 0.3) is 11.3 Å². The second-order valence-electron chi connectivity index (χ2n) is 13.5. The minimum Gasteiger partial charge on any atom is -0.491 e. The van der Waals surface area contributed by atoms with Crippen LogP contribution >= 0.6 is 11.3 Å². The predicted octanol–water partition coefficient (Wildman–Crippen LogP) is 4.64. The molecule has 3 aromatic carbocycles. The second kappa shape index (κ2) is 16.2. The molecule has 0 radical (unpaired) electrons. The predicted molar refractivity (Wildman–Crippen MR) is 205 cm³/mol. The van der Waals surface area contributed by atoms with Crippen LogP contribution < -0.4 is 25.6 Å². The van der Waals surface area contributed by atoms with Gasteiger partial charge in [0.05, 0.1) is 36.5 Å². The number of benzene rings is 3. The number of aryl methyl sites for hydroxylation is 2. The smallest absolute Gasteiger partial charge is 0.264 e. The first-order chi connectivity index (χ1) is 26.6. The Kier molecular flexibility index (Phi) is 11.0. The van der Waals surface area contributed by atoms with Crippen LogP contribution in [-0.4, -0.2) is 84.3 Å². The minimum absolute atomic E-state index is 0.0516. The molecule has 0 saturated carbocycles. The van der Waals surface area contributed by atoms with E-state index in [-0.39, 0.29) is 62.0 Å². The fourth-order valence-electron chi connectivity index (χ4n) is 7.06. The zero-order valence-electron chi connectivity index (χ0n) is 30.4. The topological polar surface area (TPSA) is 176 Å².